The molecule has 2 bridgehead atoms. The molecular weight excluding hydrogens is 719 g/mol. The number of fused-ring (bicyclic) bond motifs is 8. The molecular formula is C54H61BN2S. The minimum absolute atomic E-state index is 0.0184. The van der Waals surface area contributed by atoms with E-state index in [9.17, 15) is 0 Å². The van der Waals surface area contributed by atoms with Gasteiger partial charge >= 0.3 is 0 Å². The summed E-state index contributed by atoms with van der Waals surface area (Å²) < 4.78 is 2.82. The zero-order chi connectivity index (χ0) is 40.5. The minimum atomic E-state index is 0.0184. The number of nitrogens with zero attached hydrogens (tertiary/aromatic N) is 2. The average Bonchev–Trinajstić information content (AvgIpc) is 3.73. The second-order valence-electron chi connectivity index (χ2n) is 21.6. The van der Waals surface area contributed by atoms with Gasteiger partial charge in [-0.05, 0) is 147 Å². The Hall–Kier alpha value is -4.28. The fourth-order valence-electron chi connectivity index (χ4n) is 11.4. The van der Waals surface area contributed by atoms with E-state index in [1.807, 2.05) is 11.3 Å². The quantitative estimate of drug-likeness (QED) is 0.164. The summed E-state index contributed by atoms with van der Waals surface area (Å²) in [7, 11) is 0. The first-order valence-electron chi connectivity index (χ1n) is 22.2. The maximum Gasteiger partial charge on any atom is 0.264 e. The molecule has 6 aromatic rings. The van der Waals surface area contributed by atoms with Crippen molar-refractivity contribution in [3.63, 3.8) is 0 Å². The largest absolute Gasteiger partial charge is 0.311 e. The predicted molar refractivity (Wildman–Crippen MR) is 254 cm³/mol. The Labute approximate surface area is 352 Å². The van der Waals surface area contributed by atoms with E-state index in [0.717, 1.165) is 11.8 Å². The van der Waals surface area contributed by atoms with Crippen LogP contribution in [0, 0.1) is 11.8 Å². The van der Waals surface area contributed by atoms with Crippen LogP contribution in [0.25, 0.3) is 10.1 Å². The number of benzene rings is 5. The van der Waals surface area contributed by atoms with E-state index >= 15 is 0 Å². The number of hydrogen-bond acceptors (Lipinski definition) is 3. The van der Waals surface area contributed by atoms with Crippen LogP contribution in [0.5, 0.6) is 0 Å². The van der Waals surface area contributed by atoms with E-state index in [4.69, 9.17) is 0 Å². The Bertz CT molecular complexity index is 2560. The van der Waals surface area contributed by atoms with E-state index < -0.39 is 0 Å². The Morgan fingerprint density at radius 1 is 0.655 bits per heavy atom. The molecule has 2 nitrogen and oxygen atoms in total. The van der Waals surface area contributed by atoms with Gasteiger partial charge in [-0.1, -0.05) is 130 Å². The van der Waals surface area contributed by atoms with E-state index in [1.54, 1.807) is 5.56 Å². The van der Waals surface area contributed by atoms with Crippen LogP contribution in [0.15, 0.2) is 103 Å². The van der Waals surface area contributed by atoms with Crippen LogP contribution in [-0.2, 0) is 21.7 Å². The number of anilines is 6. The highest BCUT2D eigenvalue weighted by molar-refractivity contribution is 7.33. The fraction of sp³-hybridized carbons (Fsp3) is 0.407. The molecule has 3 heterocycles. The summed E-state index contributed by atoms with van der Waals surface area (Å²) in [6.07, 6.45) is 7.97. The highest BCUT2D eigenvalue weighted by Crippen LogP contribution is 2.58. The number of hydrogen-bond donors (Lipinski definition) is 0. The van der Waals surface area contributed by atoms with Gasteiger partial charge in [0.1, 0.15) is 0 Å². The van der Waals surface area contributed by atoms with Crippen LogP contribution < -0.4 is 25.5 Å². The first-order valence-corrected chi connectivity index (χ1v) is 23.0. The van der Waals surface area contributed by atoms with Gasteiger partial charge in [0.05, 0.1) is 5.69 Å². The Morgan fingerprint density at radius 2 is 1.24 bits per heavy atom. The normalized spacial score (nSPS) is 21.3. The molecule has 2 aliphatic heterocycles. The molecule has 5 aromatic carbocycles. The first kappa shape index (κ1) is 38.0. The predicted octanol–water partition coefficient (Wildman–Crippen LogP) is 13.7. The third-order valence-electron chi connectivity index (χ3n) is 14.7. The summed E-state index contributed by atoms with van der Waals surface area (Å²) in [5.74, 6) is 1.63. The van der Waals surface area contributed by atoms with Crippen LogP contribution in [0.3, 0.4) is 0 Å². The second kappa shape index (κ2) is 13.1. The van der Waals surface area contributed by atoms with Crippen LogP contribution >= 0.6 is 11.3 Å². The zero-order valence-electron chi connectivity index (χ0n) is 36.6. The second-order valence-corrected chi connectivity index (χ2v) is 22.6. The molecule has 0 amide bonds. The molecule has 10 rings (SSSR count). The smallest absolute Gasteiger partial charge is 0.264 e. The molecule has 3 atom stereocenters. The molecule has 0 saturated heterocycles. The highest BCUT2D eigenvalue weighted by atomic mass is 32.1. The van der Waals surface area contributed by atoms with E-state index in [2.05, 4.69) is 182 Å². The van der Waals surface area contributed by atoms with Gasteiger partial charge in [-0.3, -0.25) is 0 Å². The molecule has 0 N–H and O–H groups in total. The topological polar surface area (TPSA) is 6.48 Å². The summed E-state index contributed by atoms with van der Waals surface area (Å²) in [4.78, 5) is 5.37. The molecule has 2 saturated carbocycles. The van der Waals surface area contributed by atoms with E-state index in [-0.39, 0.29) is 28.4 Å². The summed E-state index contributed by atoms with van der Waals surface area (Å²) in [5.41, 5.74) is 16.9. The van der Waals surface area contributed by atoms with Crippen molar-refractivity contribution in [1.82, 2.24) is 0 Å². The zero-order valence-corrected chi connectivity index (χ0v) is 37.4. The van der Waals surface area contributed by atoms with E-state index in [1.165, 1.54) is 115 Å². The molecule has 0 spiro atoms. The van der Waals surface area contributed by atoms with Crippen molar-refractivity contribution in [1.29, 1.82) is 0 Å². The Balaban J connectivity index is 1.31. The standard InChI is InChI=1S/C54H61BN2S/c1-11-34-28-35-26-27-54(32-34,33-35)39-30-45-48-46(31-39)57(41-23-18-37(19-24-41)52(5,6)7)49-42-14-12-13-15-47(42)58-50(49)55(48)43-25-20-38(53(8,9)10)29-44(43)56(45)40-21-16-36(17-22-40)51(2,3)4/h12-25,29-31,34-35H,11,26-28,32-33H2,1-10H3. The molecule has 0 radical (unpaired) electrons. The van der Waals surface area contributed by atoms with Crippen molar-refractivity contribution < 1.29 is 0 Å². The SMILES string of the molecule is CCC1CC2CCC(c3cc4c5c(c3)N(c3ccc(C(C)(C)C)cc3)c3c(sc6ccccc36)B5c3ccc(C(C)(C)C)cc3N4c3ccc(C(C)(C)C)cc3)(C1)C2. The van der Waals surface area contributed by atoms with Gasteiger partial charge in [-0.15, -0.1) is 11.3 Å². The minimum Gasteiger partial charge on any atom is -0.311 e. The fourth-order valence-corrected chi connectivity index (χ4v) is 12.7. The highest BCUT2D eigenvalue weighted by Gasteiger charge is 2.50. The molecule has 4 heteroatoms. The molecule has 296 valence electrons. The van der Waals surface area contributed by atoms with Gasteiger partial charge in [-0.25, -0.2) is 0 Å². The van der Waals surface area contributed by atoms with Crippen molar-refractivity contribution in [3.05, 3.63) is 125 Å². The number of thiophene rings is 1. The Morgan fingerprint density at radius 3 is 1.86 bits per heavy atom. The van der Waals surface area contributed by atoms with E-state index in [0.29, 0.717) is 0 Å². The lowest BCUT2D eigenvalue weighted by atomic mass is 9.36. The lowest BCUT2D eigenvalue weighted by molar-refractivity contribution is 0.220. The lowest BCUT2D eigenvalue weighted by Gasteiger charge is -2.46. The van der Waals surface area contributed by atoms with Gasteiger partial charge in [0.15, 0.2) is 0 Å². The van der Waals surface area contributed by atoms with Crippen molar-refractivity contribution in [2.45, 2.75) is 129 Å². The van der Waals surface area contributed by atoms with Gasteiger partial charge < -0.3 is 9.80 Å². The molecule has 4 aliphatic rings. The maximum absolute atomic E-state index is 2.70. The Kier molecular flexibility index (Phi) is 8.58. The summed E-state index contributed by atoms with van der Waals surface area (Å²) >= 11 is 2.01. The van der Waals surface area contributed by atoms with Crippen molar-refractivity contribution in [3.8, 4) is 0 Å². The van der Waals surface area contributed by atoms with Crippen molar-refractivity contribution >= 4 is 78.0 Å². The van der Waals surface area contributed by atoms with Crippen LogP contribution in [0.2, 0.25) is 0 Å². The molecule has 1 aromatic heterocycles. The molecule has 3 unspecified atom stereocenters. The third-order valence-corrected chi connectivity index (χ3v) is 15.9. The monoisotopic (exact) mass is 780 g/mol. The van der Waals surface area contributed by atoms with Gasteiger partial charge in [-0.2, -0.15) is 0 Å². The summed E-state index contributed by atoms with van der Waals surface area (Å²) in [5, 5.41) is 1.36. The lowest BCUT2D eigenvalue weighted by Crippen LogP contribution is -2.60. The number of rotatable bonds is 4. The first-order chi connectivity index (χ1) is 27.5. The van der Waals surface area contributed by atoms with Crippen molar-refractivity contribution in [2.24, 2.45) is 11.8 Å². The van der Waals surface area contributed by atoms with Crippen LogP contribution in [-0.4, -0.2) is 6.71 Å². The molecule has 2 aliphatic carbocycles. The summed E-state index contributed by atoms with van der Waals surface area (Å²) in [6, 6.07) is 41.2. The maximum atomic E-state index is 2.70. The van der Waals surface area contributed by atoms with Gasteiger partial charge in [0, 0.05) is 43.3 Å². The average molecular weight is 781 g/mol. The van der Waals surface area contributed by atoms with Gasteiger partial charge in [0.25, 0.3) is 6.71 Å². The summed E-state index contributed by atoms with van der Waals surface area (Å²) in [6.45, 7) is 23.6. The molecule has 58 heavy (non-hydrogen) atoms. The van der Waals surface area contributed by atoms with Crippen molar-refractivity contribution in [2.75, 3.05) is 9.80 Å². The van der Waals surface area contributed by atoms with Crippen LogP contribution in [0.1, 0.15) is 130 Å². The third kappa shape index (κ3) is 5.94. The van der Waals surface area contributed by atoms with Crippen LogP contribution in [0.4, 0.5) is 34.1 Å². The molecule has 2 fully saturated rings. The van der Waals surface area contributed by atoms with Gasteiger partial charge in [0.2, 0.25) is 0 Å².